The molecule has 3 atom stereocenters. The molecular formula is C11H18N2O5. The van der Waals surface area contributed by atoms with Crippen LogP contribution in [0.2, 0.25) is 0 Å². The van der Waals surface area contributed by atoms with Crippen LogP contribution in [0, 0.1) is 5.92 Å². The van der Waals surface area contributed by atoms with Crippen LogP contribution in [0.15, 0.2) is 0 Å². The molecular weight excluding hydrogens is 240 g/mol. The molecule has 0 aromatic carbocycles. The Kier molecular flexibility index (Phi) is 5.08. The van der Waals surface area contributed by atoms with Gasteiger partial charge < -0.3 is 21.3 Å². The maximum absolute atomic E-state index is 11.8. The zero-order valence-corrected chi connectivity index (χ0v) is 9.96. The summed E-state index contributed by atoms with van der Waals surface area (Å²) in [6, 6.07) is -1.40. The van der Waals surface area contributed by atoms with Gasteiger partial charge in [-0.1, -0.05) is 6.42 Å². The van der Waals surface area contributed by atoms with Gasteiger partial charge in [0.15, 0.2) is 0 Å². The fraction of sp³-hybridized carbons (Fsp3) is 0.727. The number of hydrogen-bond acceptors (Lipinski definition) is 4. The Morgan fingerprint density at radius 3 is 2.39 bits per heavy atom. The smallest absolute Gasteiger partial charge is 0.326 e. The third-order valence-electron chi connectivity index (χ3n) is 3.17. The topological polar surface area (TPSA) is 130 Å². The van der Waals surface area contributed by atoms with E-state index in [2.05, 4.69) is 5.32 Å². The van der Waals surface area contributed by atoms with Crippen molar-refractivity contribution >= 4 is 17.8 Å². The van der Waals surface area contributed by atoms with E-state index < -0.39 is 23.9 Å². The van der Waals surface area contributed by atoms with Gasteiger partial charge in [0.2, 0.25) is 5.91 Å². The highest BCUT2D eigenvalue weighted by Crippen LogP contribution is 2.24. The summed E-state index contributed by atoms with van der Waals surface area (Å²) in [7, 11) is 0. The van der Waals surface area contributed by atoms with Crippen LogP contribution in [0.3, 0.4) is 0 Å². The van der Waals surface area contributed by atoms with E-state index in [4.69, 9.17) is 15.9 Å². The largest absolute Gasteiger partial charge is 0.481 e. The van der Waals surface area contributed by atoms with Crippen molar-refractivity contribution in [2.75, 3.05) is 0 Å². The van der Waals surface area contributed by atoms with E-state index >= 15 is 0 Å². The third kappa shape index (κ3) is 3.99. The van der Waals surface area contributed by atoms with Crippen LogP contribution in [-0.2, 0) is 14.4 Å². The van der Waals surface area contributed by atoms with Crippen LogP contribution in [0.1, 0.15) is 32.1 Å². The average molecular weight is 258 g/mol. The number of hydrogen-bond donors (Lipinski definition) is 4. The summed E-state index contributed by atoms with van der Waals surface area (Å²) in [5.74, 6) is -3.07. The van der Waals surface area contributed by atoms with Crippen molar-refractivity contribution in [1.82, 2.24) is 5.32 Å². The number of aliphatic carboxylic acids is 2. The third-order valence-corrected chi connectivity index (χ3v) is 3.17. The molecule has 0 radical (unpaired) electrons. The fourth-order valence-corrected chi connectivity index (χ4v) is 2.12. The first-order valence-electron chi connectivity index (χ1n) is 5.92. The quantitative estimate of drug-likeness (QED) is 0.510. The summed E-state index contributed by atoms with van der Waals surface area (Å²) in [5.41, 5.74) is 5.75. The molecule has 0 heterocycles. The molecule has 1 rings (SSSR count). The molecule has 1 aliphatic carbocycles. The van der Waals surface area contributed by atoms with Gasteiger partial charge >= 0.3 is 11.9 Å². The maximum atomic E-state index is 11.8. The Balaban J connectivity index is 2.52. The van der Waals surface area contributed by atoms with Gasteiger partial charge in [-0.25, -0.2) is 4.79 Å². The molecule has 1 amide bonds. The lowest BCUT2D eigenvalue weighted by Crippen LogP contribution is -2.46. The Morgan fingerprint density at radius 2 is 1.94 bits per heavy atom. The lowest BCUT2D eigenvalue weighted by molar-refractivity contribution is -0.143. The molecule has 0 aromatic heterocycles. The molecule has 1 aliphatic rings. The van der Waals surface area contributed by atoms with Crippen LogP contribution >= 0.6 is 0 Å². The number of carbonyl (C=O) groups is 3. The number of rotatable bonds is 6. The Labute approximate surface area is 104 Å². The number of carboxylic acid groups (broad SMARTS) is 2. The molecule has 18 heavy (non-hydrogen) atoms. The number of nitrogens with one attached hydrogen (secondary N) is 1. The standard InChI is InChI=1S/C11H18N2O5/c12-7-3-1-2-6(7)10(16)13-8(11(17)18)4-5-9(14)15/h6-8H,1-5,12H2,(H,13,16)(H,14,15)(H,17,18). The van der Waals surface area contributed by atoms with E-state index in [-0.39, 0.29) is 24.8 Å². The van der Waals surface area contributed by atoms with Gasteiger partial charge in [-0.2, -0.15) is 0 Å². The van der Waals surface area contributed by atoms with E-state index in [1.165, 1.54) is 0 Å². The summed E-state index contributed by atoms with van der Waals surface area (Å²) in [5, 5.41) is 19.8. The van der Waals surface area contributed by atoms with Crippen LogP contribution in [0.25, 0.3) is 0 Å². The van der Waals surface area contributed by atoms with Gasteiger partial charge in [0, 0.05) is 12.5 Å². The van der Waals surface area contributed by atoms with Crippen molar-refractivity contribution in [2.24, 2.45) is 11.7 Å². The van der Waals surface area contributed by atoms with Gasteiger partial charge in [-0.3, -0.25) is 9.59 Å². The number of amides is 1. The van der Waals surface area contributed by atoms with Crippen LogP contribution in [-0.4, -0.2) is 40.1 Å². The average Bonchev–Trinajstić information content (AvgIpc) is 2.69. The predicted molar refractivity (Wildman–Crippen MR) is 61.8 cm³/mol. The van der Waals surface area contributed by atoms with Gasteiger partial charge in [0.25, 0.3) is 0 Å². The van der Waals surface area contributed by atoms with E-state index in [0.29, 0.717) is 6.42 Å². The summed E-state index contributed by atoms with van der Waals surface area (Å²) in [4.78, 5) is 33.1. The van der Waals surface area contributed by atoms with E-state index in [1.54, 1.807) is 0 Å². The normalized spacial score (nSPS) is 24.5. The minimum absolute atomic E-state index is 0.127. The molecule has 0 aromatic rings. The highest BCUT2D eigenvalue weighted by atomic mass is 16.4. The fourth-order valence-electron chi connectivity index (χ4n) is 2.12. The van der Waals surface area contributed by atoms with Gasteiger partial charge in [-0.05, 0) is 19.3 Å². The van der Waals surface area contributed by atoms with E-state index in [0.717, 1.165) is 12.8 Å². The second kappa shape index (κ2) is 6.34. The van der Waals surface area contributed by atoms with Gasteiger partial charge in [0.1, 0.15) is 6.04 Å². The lowest BCUT2D eigenvalue weighted by atomic mass is 10.0. The Hall–Kier alpha value is -1.63. The monoisotopic (exact) mass is 258 g/mol. The van der Waals surface area contributed by atoms with Crippen molar-refractivity contribution in [2.45, 2.75) is 44.2 Å². The van der Waals surface area contributed by atoms with Crippen LogP contribution in [0.5, 0.6) is 0 Å². The van der Waals surface area contributed by atoms with Crippen molar-refractivity contribution in [3.8, 4) is 0 Å². The minimum Gasteiger partial charge on any atom is -0.481 e. The SMILES string of the molecule is NC1CCCC1C(=O)NC(CCC(=O)O)C(=O)O. The molecule has 0 aliphatic heterocycles. The van der Waals surface area contributed by atoms with Gasteiger partial charge in [-0.15, -0.1) is 0 Å². The summed E-state index contributed by atoms with van der Waals surface area (Å²) in [6.45, 7) is 0. The van der Waals surface area contributed by atoms with Crippen LogP contribution < -0.4 is 11.1 Å². The first kappa shape index (κ1) is 14.4. The van der Waals surface area contributed by atoms with Crippen molar-refractivity contribution < 1.29 is 24.6 Å². The second-order valence-electron chi connectivity index (χ2n) is 4.53. The Bertz CT molecular complexity index is 344. The van der Waals surface area contributed by atoms with Crippen molar-refractivity contribution in [1.29, 1.82) is 0 Å². The zero-order chi connectivity index (χ0) is 13.7. The highest BCUT2D eigenvalue weighted by Gasteiger charge is 2.32. The van der Waals surface area contributed by atoms with E-state index in [9.17, 15) is 14.4 Å². The minimum atomic E-state index is -1.23. The molecule has 7 heteroatoms. The van der Waals surface area contributed by atoms with Crippen molar-refractivity contribution in [3.63, 3.8) is 0 Å². The van der Waals surface area contributed by atoms with Crippen LogP contribution in [0.4, 0.5) is 0 Å². The molecule has 102 valence electrons. The molecule has 0 bridgehead atoms. The second-order valence-corrected chi connectivity index (χ2v) is 4.53. The number of carbonyl (C=O) groups excluding carboxylic acids is 1. The zero-order valence-electron chi connectivity index (χ0n) is 9.96. The summed E-state index contributed by atoms with van der Waals surface area (Å²) < 4.78 is 0. The maximum Gasteiger partial charge on any atom is 0.326 e. The predicted octanol–water partition coefficient (Wildman–Crippen LogP) is -0.452. The number of nitrogens with two attached hydrogens (primary N) is 1. The summed E-state index contributed by atoms with van der Waals surface area (Å²) in [6.07, 6.45) is 1.83. The first-order chi connectivity index (χ1) is 8.41. The molecule has 1 saturated carbocycles. The van der Waals surface area contributed by atoms with Crippen molar-refractivity contribution in [3.05, 3.63) is 0 Å². The first-order valence-corrected chi connectivity index (χ1v) is 5.92. The van der Waals surface area contributed by atoms with Gasteiger partial charge in [0.05, 0.1) is 5.92 Å². The Morgan fingerprint density at radius 1 is 1.28 bits per heavy atom. The molecule has 5 N–H and O–H groups in total. The molecule has 3 unspecified atom stereocenters. The molecule has 0 saturated heterocycles. The molecule has 1 fully saturated rings. The summed E-state index contributed by atoms with van der Waals surface area (Å²) >= 11 is 0. The number of carboxylic acids is 2. The van der Waals surface area contributed by atoms with E-state index in [1.807, 2.05) is 0 Å². The lowest BCUT2D eigenvalue weighted by Gasteiger charge is -2.19. The molecule has 7 nitrogen and oxygen atoms in total. The molecule has 0 spiro atoms. The highest BCUT2D eigenvalue weighted by molar-refractivity contribution is 5.85.